The molecule has 0 aliphatic heterocycles. The molecular formula is C23H25N5O6S2. The minimum Gasteiger partial charge on any atom is -0.497 e. The van der Waals surface area contributed by atoms with Crippen LogP contribution in [0.4, 0.5) is 5.00 Å². The van der Waals surface area contributed by atoms with Crippen molar-refractivity contribution in [1.82, 2.24) is 14.8 Å². The average molecular weight is 532 g/mol. The molecule has 3 rings (SSSR count). The number of allylic oxidation sites excluding steroid dienone is 1. The minimum absolute atomic E-state index is 0.0297. The van der Waals surface area contributed by atoms with Crippen molar-refractivity contribution < 1.29 is 28.6 Å². The lowest BCUT2D eigenvalue weighted by atomic mass is 10.1. The van der Waals surface area contributed by atoms with Crippen molar-refractivity contribution in [1.29, 1.82) is 0 Å². The third-order valence-electron chi connectivity index (χ3n) is 4.88. The van der Waals surface area contributed by atoms with E-state index in [4.69, 9.17) is 19.9 Å². The number of hydrogen-bond donors (Lipinski definition) is 2. The summed E-state index contributed by atoms with van der Waals surface area (Å²) in [5.74, 6) is 0.105. The fourth-order valence-corrected chi connectivity index (χ4v) is 4.97. The van der Waals surface area contributed by atoms with E-state index in [1.54, 1.807) is 48.9 Å². The van der Waals surface area contributed by atoms with Crippen LogP contribution in [0.3, 0.4) is 0 Å². The van der Waals surface area contributed by atoms with E-state index in [1.165, 1.54) is 7.11 Å². The van der Waals surface area contributed by atoms with E-state index in [0.29, 0.717) is 28.8 Å². The summed E-state index contributed by atoms with van der Waals surface area (Å²) in [5.41, 5.74) is 5.84. The number of nitrogens with zero attached hydrogens (tertiary/aromatic N) is 3. The second-order valence-electron chi connectivity index (χ2n) is 7.22. The topological polar surface area (TPSA) is 148 Å². The van der Waals surface area contributed by atoms with Crippen LogP contribution in [0.25, 0.3) is 0 Å². The van der Waals surface area contributed by atoms with Crippen molar-refractivity contribution in [2.75, 3.05) is 25.3 Å². The van der Waals surface area contributed by atoms with Crippen LogP contribution in [0.5, 0.6) is 11.5 Å². The highest BCUT2D eigenvalue weighted by atomic mass is 32.2. The summed E-state index contributed by atoms with van der Waals surface area (Å²) in [7, 11) is 2.80. The van der Waals surface area contributed by atoms with Gasteiger partial charge in [-0.2, -0.15) is 0 Å². The molecule has 2 aromatic heterocycles. The molecule has 0 atom stereocenters. The molecule has 0 aliphatic carbocycles. The van der Waals surface area contributed by atoms with Crippen LogP contribution >= 0.6 is 23.1 Å². The first kappa shape index (κ1) is 26.8. The lowest BCUT2D eigenvalue weighted by molar-refractivity contribution is -0.113. The summed E-state index contributed by atoms with van der Waals surface area (Å²) in [6.45, 7) is 5.91. The predicted octanol–water partition coefficient (Wildman–Crippen LogP) is 3.04. The monoisotopic (exact) mass is 531 g/mol. The van der Waals surface area contributed by atoms with Gasteiger partial charge in [0, 0.05) is 6.54 Å². The van der Waals surface area contributed by atoms with Gasteiger partial charge < -0.3 is 25.3 Å². The van der Waals surface area contributed by atoms with Crippen LogP contribution in [0.1, 0.15) is 31.4 Å². The van der Waals surface area contributed by atoms with Crippen molar-refractivity contribution in [3.63, 3.8) is 0 Å². The molecule has 0 spiro atoms. The van der Waals surface area contributed by atoms with Gasteiger partial charge in [0.25, 0.3) is 5.91 Å². The van der Waals surface area contributed by atoms with Gasteiger partial charge in [0.2, 0.25) is 5.91 Å². The number of esters is 1. The van der Waals surface area contributed by atoms with E-state index in [1.807, 2.05) is 0 Å². The summed E-state index contributed by atoms with van der Waals surface area (Å²) in [5, 5.41) is 11.7. The number of primary amides is 1. The molecule has 3 aromatic rings. The molecule has 11 nitrogen and oxygen atoms in total. The molecule has 1 aromatic carbocycles. The Morgan fingerprint density at radius 1 is 1.19 bits per heavy atom. The number of amides is 2. The molecule has 0 saturated carbocycles. The van der Waals surface area contributed by atoms with Crippen molar-refractivity contribution in [3.05, 3.63) is 58.7 Å². The zero-order valence-corrected chi connectivity index (χ0v) is 21.5. The molecule has 0 aliphatic rings. The standard InChI is InChI=1S/C23H25N5O6S2/c1-5-10-28-16(11-34-15-8-6-14(32-3)7-9-15)26-27-23(28)35-12-17(29)25-21-18(22(31)33-4)13(2)19(36-21)20(24)30/h5-9H,1,10-12H2,2-4H3,(H2,24,30)(H,25,29). The number of carbonyl (C=O) groups is 3. The van der Waals surface area contributed by atoms with Gasteiger partial charge in [-0.3, -0.25) is 14.2 Å². The van der Waals surface area contributed by atoms with Crippen molar-refractivity contribution in [2.45, 2.75) is 25.2 Å². The lowest BCUT2D eigenvalue weighted by Crippen LogP contribution is -2.16. The Labute approximate surface area is 215 Å². The highest BCUT2D eigenvalue weighted by molar-refractivity contribution is 7.99. The molecular weight excluding hydrogens is 506 g/mol. The third kappa shape index (κ3) is 6.23. The molecule has 3 N–H and O–H groups in total. The Morgan fingerprint density at radius 2 is 1.89 bits per heavy atom. The number of carbonyl (C=O) groups excluding carboxylic acids is 3. The van der Waals surface area contributed by atoms with Gasteiger partial charge >= 0.3 is 5.97 Å². The zero-order chi connectivity index (χ0) is 26.2. The SMILES string of the molecule is C=CCn1c(COc2ccc(OC)cc2)nnc1SCC(=O)Nc1sc(C(N)=O)c(C)c1C(=O)OC. The second kappa shape index (κ2) is 12.2. The maximum atomic E-state index is 12.7. The predicted molar refractivity (Wildman–Crippen MR) is 136 cm³/mol. The lowest BCUT2D eigenvalue weighted by Gasteiger charge is -2.10. The normalized spacial score (nSPS) is 10.5. The van der Waals surface area contributed by atoms with Gasteiger partial charge in [-0.15, -0.1) is 28.1 Å². The maximum Gasteiger partial charge on any atom is 0.341 e. The van der Waals surface area contributed by atoms with E-state index in [0.717, 1.165) is 28.8 Å². The number of methoxy groups -OCH3 is 2. The van der Waals surface area contributed by atoms with Crippen LogP contribution in [0.15, 0.2) is 42.1 Å². The van der Waals surface area contributed by atoms with E-state index >= 15 is 0 Å². The molecule has 190 valence electrons. The fourth-order valence-electron chi connectivity index (χ4n) is 3.14. The van der Waals surface area contributed by atoms with E-state index in [2.05, 4.69) is 22.1 Å². The highest BCUT2D eigenvalue weighted by Gasteiger charge is 2.25. The minimum atomic E-state index is -0.695. The number of nitrogens with one attached hydrogen (secondary N) is 1. The van der Waals surface area contributed by atoms with Gasteiger partial charge in [-0.25, -0.2) is 4.79 Å². The number of ether oxygens (including phenoxy) is 3. The van der Waals surface area contributed by atoms with E-state index in [-0.39, 0.29) is 27.8 Å². The molecule has 0 fully saturated rings. The molecule has 0 unspecified atom stereocenters. The van der Waals surface area contributed by atoms with E-state index < -0.39 is 17.8 Å². The summed E-state index contributed by atoms with van der Waals surface area (Å²) in [4.78, 5) is 36.7. The highest BCUT2D eigenvalue weighted by Crippen LogP contribution is 2.33. The second-order valence-corrected chi connectivity index (χ2v) is 9.18. The number of nitrogens with two attached hydrogens (primary N) is 1. The quantitative estimate of drug-likeness (QED) is 0.204. The van der Waals surface area contributed by atoms with Crippen LogP contribution in [-0.4, -0.2) is 52.5 Å². The first-order valence-corrected chi connectivity index (χ1v) is 12.3. The average Bonchev–Trinajstić information content (AvgIpc) is 3.41. The fraction of sp³-hybridized carbons (Fsp3) is 0.261. The number of aromatic nitrogens is 3. The Morgan fingerprint density at radius 3 is 2.50 bits per heavy atom. The first-order valence-electron chi connectivity index (χ1n) is 10.5. The Kier molecular flexibility index (Phi) is 9.08. The maximum absolute atomic E-state index is 12.7. The van der Waals surface area contributed by atoms with Crippen LogP contribution in [0, 0.1) is 6.92 Å². The summed E-state index contributed by atoms with van der Waals surface area (Å²) in [6.07, 6.45) is 1.69. The molecule has 0 saturated heterocycles. The van der Waals surface area contributed by atoms with Crippen molar-refractivity contribution in [2.24, 2.45) is 5.73 Å². The largest absolute Gasteiger partial charge is 0.497 e. The molecule has 0 bridgehead atoms. The van der Waals surface area contributed by atoms with Crippen molar-refractivity contribution >= 4 is 45.9 Å². The van der Waals surface area contributed by atoms with Crippen LogP contribution in [-0.2, 0) is 22.7 Å². The summed E-state index contributed by atoms with van der Waals surface area (Å²) < 4.78 is 17.5. The van der Waals surface area contributed by atoms with Crippen LogP contribution < -0.4 is 20.5 Å². The first-order chi connectivity index (χ1) is 17.3. The zero-order valence-electron chi connectivity index (χ0n) is 19.9. The summed E-state index contributed by atoms with van der Waals surface area (Å²) >= 11 is 2.08. The summed E-state index contributed by atoms with van der Waals surface area (Å²) in [6, 6.07) is 7.14. The Balaban J connectivity index is 1.68. The molecule has 13 heteroatoms. The van der Waals surface area contributed by atoms with Gasteiger partial charge in [-0.1, -0.05) is 17.8 Å². The number of hydrogen-bond acceptors (Lipinski definition) is 10. The number of thiophene rings is 1. The number of rotatable bonds is 12. The molecule has 2 heterocycles. The number of benzene rings is 1. The molecule has 0 radical (unpaired) electrons. The number of thioether (sulfide) groups is 1. The molecule has 2 amide bonds. The van der Waals surface area contributed by atoms with Gasteiger partial charge in [-0.05, 0) is 36.8 Å². The number of anilines is 1. The van der Waals surface area contributed by atoms with Gasteiger partial charge in [0.15, 0.2) is 11.0 Å². The smallest absolute Gasteiger partial charge is 0.341 e. The molecule has 36 heavy (non-hydrogen) atoms. The van der Waals surface area contributed by atoms with Gasteiger partial charge in [0.05, 0.1) is 30.4 Å². The Hall–Kier alpha value is -3.84. The van der Waals surface area contributed by atoms with Gasteiger partial charge in [0.1, 0.15) is 23.1 Å². The van der Waals surface area contributed by atoms with Crippen LogP contribution in [0.2, 0.25) is 0 Å². The Bertz CT molecular complexity index is 1270. The van der Waals surface area contributed by atoms with Crippen molar-refractivity contribution in [3.8, 4) is 11.5 Å². The third-order valence-corrected chi connectivity index (χ3v) is 7.07. The van der Waals surface area contributed by atoms with E-state index in [9.17, 15) is 14.4 Å².